The molecule has 2 N–H and O–H groups in total. The second-order valence-electron chi connectivity index (χ2n) is 5.95. The molecule has 1 aromatic rings. The number of hydrogen-bond donors (Lipinski definition) is 1. The highest BCUT2D eigenvalue weighted by Gasteiger charge is 2.17. The van der Waals surface area contributed by atoms with Gasteiger partial charge in [0.05, 0.1) is 11.4 Å². The molecule has 2 rings (SSSR count). The fourth-order valence-corrected chi connectivity index (χ4v) is 2.89. The van der Waals surface area contributed by atoms with Crippen molar-refractivity contribution in [3.8, 4) is 0 Å². The maximum absolute atomic E-state index is 5.55. The van der Waals surface area contributed by atoms with Crippen molar-refractivity contribution in [3.05, 3.63) is 17.6 Å². The van der Waals surface area contributed by atoms with E-state index in [2.05, 4.69) is 26.7 Å². The zero-order chi connectivity index (χ0) is 15.1. The van der Waals surface area contributed by atoms with Gasteiger partial charge in [-0.2, -0.15) is 0 Å². The third-order valence-electron chi connectivity index (χ3n) is 4.12. The van der Waals surface area contributed by atoms with Crippen LogP contribution in [-0.2, 0) is 0 Å². The molecular weight excluding hydrogens is 262 g/mol. The minimum atomic E-state index is 0.819. The first kappa shape index (κ1) is 16.2. The molecule has 5 nitrogen and oxygen atoms in total. The largest absolute Gasteiger partial charge is 0.354 e. The van der Waals surface area contributed by atoms with Gasteiger partial charge in [0, 0.05) is 25.8 Å². The predicted molar refractivity (Wildman–Crippen MR) is 87.7 cm³/mol. The Hall–Kier alpha value is -1.20. The highest BCUT2D eigenvalue weighted by Crippen LogP contribution is 2.17. The van der Waals surface area contributed by atoms with Crippen molar-refractivity contribution in [2.45, 2.75) is 39.5 Å². The lowest BCUT2D eigenvalue weighted by Gasteiger charge is -2.24. The Morgan fingerprint density at radius 1 is 1.10 bits per heavy atom. The average molecular weight is 291 g/mol. The number of aromatic nitrogens is 2. The number of aryl methyl sites for hydroxylation is 2. The molecule has 0 saturated carbocycles. The molecule has 21 heavy (non-hydrogen) atoms. The topological polar surface area (TPSA) is 58.3 Å². The lowest BCUT2D eigenvalue weighted by molar-refractivity contribution is 0.286. The van der Waals surface area contributed by atoms with Crippen LogP contribution in [0, 0.1) is 13.8 Å². The Labute approximate surface area is 128 Å². The minimum absolute atomic E-state index is 0.819. The third-order valence-corrected chi connectivity index (χ3v) is 4.12. The van der Waals surface area contributed by atoms with Crippen LogP contribution in [0.1, 0.15) is 37.1 Å². The first-order chi connectivity index (χ1) is 10.2. The molecule has 5 heteroatoms. The first-order valence-corrected chi connectivity index (χ1v) is 8.18. The summed E-state index contributed by atoms with van der Waals surface area (Å²) >= 11 is 0. The Kier molecular flexibility index (Phi) is 6.39. The van der Waals surface area contributed by atoms with Gasteiger partial charge < -0.3 is 15.5 Å². The number of rotatable bonds is 6. The highest BCUT2D eigenvalue weighted by molar-refractivity contribution is 5.43. The Morgan fingerprint density at radius 3 is 2.76 bits per heavy atom. The van der Waals surface area contributed by atoms with Gasteiger partial charge >= 0.3 is 0 Å². The normalized spacial score (nSPS) is 17.0. The average Bonchev–Trinajstić information content (AvgIpc) is 2.72. The monoisotopic (exact) mass is 291 g/mol. The maximum atomic E-state index is 5.55. The molecule has 0 radical (unpaired) electrons. The molecule has 0 bridgehead atoms. The van der Waals surface area contributed by atoms with E-state index in [1.54, 1.807) is 0 Å². The van der Waals surface area contributed by atoms with Crippen LogP contribution in [0.25, 0.3) is 0 Å². The summed E-state index contributed by atoms with van der Waals surface area (Å²) in [5.41, 5.74) is 7.59. The first-order valence-electron chi connectivity index (χ1n) is 8.18. The summed E-state index contributed by atoms with van der Waals surface area (Å²) in [5.74, 6) is 1.07. The molecular formula is C16H29N5. The summed E-state index contributed by atoms with van der Waals surface area (Å²) < 4.78 is 0. The second kappa shape index (κ2) is 8.29. The summed E-state index contributed by atoms with van der Waals surface area (Å²) in [5, 5.41) is 0. The van der Waals surface area contributed by atoms with E-state index in [9.17, 15) is 0 Å². The molecule has 0 spiro atoms. The standard InChI is InChI=1S/C16H29N5/c1-14-13-18-15(2)16(19-14)21-10-6-9-20(11-12-21)8-5-3-4-7-17/h13H,3-12,17H2,1-2H3. The second-order valence-corrected chi connectivity index (χ2v) is 5.95. The van der Waals surface area contributed by atoms with E-state index in [-0.39, 0.29) is 0 Å². The van der Waals surface area contributed by atoms with E-state index >= 15 is 0 Å². The van der Waals surface area contributed by atoms with Gasteiger partial charge in [0.15, 0.2) is 0 Å². The van der Waals surface area contributed by atoms with E-state index < -0.39 is 0 Å². The van der Waals surface area contributed by atoms with Crippen molar-refractivity contribution in [3.63, 3.8) is 0 Å². The van der Waals surface area contributed by atoms with Crippen molar-refractivity contribution >= 4 is 5.82 Å². The molecule has 118 valence electrons. The predicted octanol–water partition coefficient (Wildman–Crippen LogP) is 1.73. The van der Waals surface area contributed by atoms with Crippen molar-refractivity contribution in [1.29, 1.82) is 0 Å². The molecule has 0 aromatic carbocycles. The van der Waals surface area contributed by atoms with Gasteiger partial charge in [0.1, 0.15) is 5.82 Å². The zero-order valence-corrected chi connectivity index (χ0v) is 13.5. The lowest BCUT2D eigenvalue weighted by atomic mass is 10.2. The molecule has 1 saturated heterocycles. The summed E-state index contributed by atoms with van der Waals surface area (Å²) in [6.45, 7) is 10.5. The molecule has 1 fully saturated rings. The van der Waals surface area contributed by atoms with Crippen LogP contribution in [0.5, 0.6) is 0 Å². The van der Waals surface area contributed by atoms with Crippen LogP contribution in [0.3, 0.4) is 0 Å². The summed E-state index contributed by atoms with van der Waals surface area (Å²) in [6, 6.07) is 0. The lowest BCUT2D eigenvalue weighted by Crippen LogP contribution is -2.32. The van der Waals surface area contributed by atoms with Crippen LogP contribution in [-0.4, -0.2) is 54.1 Å². The number of anilines is 1. The fraction of sp³-hybridized carbons (Fsp3) is 0.750. The van der Waals surface area contributed by atoms with Gasteiger partial charge in [-0.3, -0.25) is 4.98 Å². The third kappa shape index (κ3) is 4.93. The van der Waals surface area contributed by atoms with Gasteiger partial charge in [0.25, 0.3) is 0 Å². The van der Waals surface area contributed by atoms with Crippen molar-refractivity contribution in [2.24, 2.45) is 5.73 Å². The molecule has 0 amide bonds. The van der Waals surface area contributed by atoms with Gasteiger partial charge in [-0.1, -0.05) is 6.42 Å². The summed E-state index contributed by atoms with van der Waals surface area (Å²) in [6.07, 6.45) is 6.71. The summed E-state index contributed by atoms with van der Waals surface area (Å²) in [4.78, 5) is 14.1. The Bertz CT molecular complexity index is 435. The van der Waals surface area contributed by atoms with E-state index in [1.165, 1.54) is 32.4 Å². The van der Waals surface area contributed by atoms with E-state index in [1.807, 2.05) is 13.1 Å². The molecule has 0 atom stereocenters. The fourth-order valence-electron chi connectivity index (χ4n) is 2.89. The molecule has 1 aliphatic heterocycles. The molecule has 0 unspecified atom stereocenters. The zero-order valence-electron chi connectivity index (χ0n) is 13.5. The SMILES string of the molecule is Cc1cnc(C)c(N2CCCN(CCCCCN)CC2)n1. The quantitative estimate of drug-likeness (QED) is 0.809. The van der Waals surface area contributed by atoms with Crippen LogP contribution in [0.2, 0.25) is 0 Å². The highest BCUT2D eigenvalue weighted by atomic mass is 15.3. The number of nitrogens with zero attached hydrogens (tertiary/aromatic N) is 4. The molecule has 1 aliphatic rings. The maximum Gasteiger partial charge on any atom is 0.150 e. The van der Waals surface area contributed by atoms with Crippen LogP contribution < -0.4 is 10.6 Å². The Balaban J connectivity index is 1.87. The number of unbranched alkanes of at least 4 members (excludes halogenated alkanes) is 2. The molecule has 2 heterocycles. The van der Waals surface area contributed by atoms with Gasteiger partial charge in [-0.05, 0) is 52.7 Å². The smallest absolute Gasteiger partial charge is 0.150 e. The summed E-state index contributed by atoms with van der Waals surface area (Å²) in [7, 11) is 0. The molecule has 1 aromatic heterocycles. The molecule has 0 aliphatic carbocycles. The number of nitrogens with two attached hydrogens (primary N) is 1. The van der Waals surface area contributed by atoms with Gasteiger partial charge in [-0.15, -0.1) is 0 Å². The van der Waals surface area contributed by atoms with E-state index in [4.69, 9.17) is 5.73 Å². The van der Waals surface area contributed by atoms with Gasteiger partial charge in [0.2, 0.25) is 0 Å². The van der Waals surface area contributed by atoms with Gasteiger partial charge in [-0.25, -0.2) is 4.98 Å². The van der Waals surface area contributed by atoms with Crippen molar-refractivity contribution < 1.29 is 0 Å². The van der Waals surface area contributed by atoms with Crippen molar-refractivity contribution in [2.75, 3.05) is 44.2 Å². The minimum Gasteiger partial charge on any atom is -0.354 e. The van der Waals surface area contributed by atoms with Crippen molar-refractivity contribution in [1.82, 2.24) is 14.9 Å². The number of hydrogen-bond acceptors (Lipinski definition) is 5. The van der Waals surface area contributed by atoms with Crippen LogP contribution in [0.4, 0.5) is 5.82 Å². The van der Waals surface area contributed by atoms with Crippen LogP contribution in [0.15, 0.2) is 6.20 Å². The van der Waals surface area contributed by atoms with E-state index in [0.29, 0.717) is 0 Å². The van der Waals surface area contributed by atoms with E-state index in [0.717, 1.165) is 49.8 Å². The Morgan fingerprint density at radius 2 is 1.95 bits per heavy atom. The van der Waals surface area contributed by atoms with Crippen LogP contribution >= 0.6 is 0 Å².